The fraction of sp³-hybridized carbons (Fsp3) is 0.241. The van der Waals surface area contributed by atoms with Gasteiger partial charge in [0.15, 0.2) is 0 Å². The summed E-state index contributed by atoms with van der Waals surface area (Å²) in [5.74, 6) is 0.143. The smallest absolute Gasteiger partial charge is 0.244 e. The van der Waals surface area contributed by atoms with E-state index in [-0.39, 0.29) is 18.0 Å². The first-order valence-electron chi connectivity index (χ1n) is 12.0. The first-order chi connectivity index (χ1) is 17.0. The second-order valence-corrected chi connectivity index (χ2v) is 11.3. The Balaban J connectivity index is 1.42. The Morgan fingerprint density at radius 2 is 1.49 bits per heavy atom. The average Bonchev–Trinajstić information content (AvgIpc) is 3.28. The number of rotatable bonds is 4. The van der Waals surface area contributed by atoms with Crippen molar-refractivity contribution in [3.8, 4) is 11.1 Å². The molecule has 2 fully saturated rings. The van der Waals surface area contributed by atoms with Crippen molar-refractivity contribution in [2.24, 2.45) is 5.92 Å². The maximum atomic E-state index is 14.2. The molecule has 2 aliphatic rings. The van der Waals surface area contributed by atoms with Crippen molar-refractivity contribution in [2.45, 2.75) is 23.4 Å². The van der Waals surface area contributed by atoms with Gasteiger partial charge in [0.05, 0.1) is 17.5 Å². The SMILES string of the molecule is CN1OC[C@@H]2CN(S(=O)(=O)c3cccc4ccccc34)[C@H](c3ccc(-c4ccccc4)cc3)C[C@@H]21. The molecule has 2 aliphatic heterocycles. The molecule has 0 radical (unpaired) electrons. The standard InChI is InChI=1S/C29H28N2O3S/c1-30-27-18-28(24-16-14-22(15-17-24)21-8-3-2-4-9-21)31(19-25(27)20-34-30)35(32,33)29-13-7-11-23-10-5-6-12-26(23)29/h2-17,25,27-28H,18-20H2,1H3/t25-,27-,28-/m0/s1. The summed E-state index contributed by atoms with van der Waals surface area (Å²) in [6.07, 6.45) is 0.690. The van der Waals surface area contributed by atoms with Crippen LogP contribution in [-0.2, 0) is 14.9 Å². The van der Waals surface area contributed by atoms with Gasteiger partial charge in [0, 0.05) is 30.9 Å². The molecule has 0 amide bonds. The van der Waals surface area contributed by atoms with Crippen molar-refractivity contribution < 1.29 is 13.3 Å². The molecular weight excluding hydrogens is 456 g/mol. The molecule has 0 unspecified atom stereocenters. The molecule has 0 N–H and O–H groups in total. The molecule has 35 heavy (non-hydrogen) atoms. The molecule has 0 saturated carbocycles. The van der Waals surface area contributed by atoms with E-state index in [2.05, 4.69) is 36.4 Å². The van der Waals surface area contributed by atoms with Gasteiger partial charge >= 0.3 is 0 Å². The fourth-order valence-corrected chi connectivity index (χ4v) is 7.48. The van der Waals surface area contributed by atoms with Crippen molar-refractivity contribution in [3.63, 3.8) is 0 Å². The predicted octanol–water partition coefficient (Wildman–Crippen LogP) is 5.50. The number of sulfonamides is 1. The van der Waals surface area contributed by atoms with Crippen LogP contribution in [0.4, 0.5) is 0 Å². The number of hydrogen-bond donors (Lipinski definition) is 0. The van der Waals surface area contributed by atoms with Crippen molar-refractivity contribution in [1.29, 1.82) is 0 Å². The van der Waals surface area contributed by atoms with E-state index in [1.54, 1.807) is 10.4 Å². The predicted molar refractivity (Wildman–Crippen MR) is 138 cm³/mol. The summed E-state index contributed by atoms with van der Waals surface area (Å²) in [5.41, 5.74) is 3.27. The Hall–Kier alpha value is -3.03. The van der Waals surface area contributed by atoms with Crippen LogP contribution < -0.4 is 0 Å². The normalized spacial score (nSPS) is 23.4. The summed E-state index contributed by atoms with van der Waals surface area (Å²) in [6, 6.07) is 31.7. The van der Waals surface area contributed by atoms with Crippen LogP contribution in [0, 0.1) is 5.92 Å². The maximum absolute atomic E-state index is 14.2. The molecule has 0 bridgehead atoms. The highest BCUT2D eigenvalue weighted by atomic mass is 32.2. The van der Waals surface area contributed by atoms with Gasteiger partial charge in [-0.15, -0.1) is 0 Å². The summed E-state index contributed by atoms with van der Waals surface area (Å²) >= 11 is 0. The van der Waals surface area contributed by atoms with Crippen LogP contribution in [-0.4, -0.2) is 44.0 Å². The topological polar surface area (TPSA) is 49.9 Å². The lowest BCUT2D eigenvalue weighted by atomic mass is 9.87. The Labute approximate surface area is 206 Å². The molecular formula is C29H28N2O3S. The van der Waals surface area contributed by atoms with E-state index in [1.807, 2.05) is 66.7 Å². The minimum atomic E-state index is -3.75. The number of hydrogen-bond acceptors (Lipinski definition) is 4. The Morgan fingerprint density at radius 1 is 0.800 bits per heavy atom. The van der Waals surface area contributed by atoms with Gasteiger partial charge in [-0.05, 0) is 34.6 Å². The molecule has 6 heteroatoms. The van der Waals surface area contributed by atoms with Crippen molar-refractivity contribution in [3.05, 3.63) is 103 Å². The van der Waals surface area contributed by atoms with Crippen LogP contribution in [0.2, 0.25) is 0 Å². The third-order valence-corrected chi connectivity index (χ3v) is 9.40. The van der Waals surface area contributed by atoms with Crippen molar-refractivity contribution in [1.82, 2.24) is 9.37 Å². The molecule has 5 nitrogen and oxygen atoms in total. The van der Waals surface area contributed by atoms with Gasteiger partial charge in [0.1, 0.15) is 0 Å². The Bertz CT molecular complexity index is 1450. The monoisotopic (exact) mass is 484 g/mol. The van der Waals surface area contributed by atoms with E-state index in [0.717, 1.165) is 27.5 Å². The van der Waals surface area contributed by atoms with Gasteiger partial charge in [-0.1, -0.05) is 91.0 Å². The lowest BCUT2D eigenvalue weighted by molar-refractivity contribution is -0.113. The lowest BCUT2D eigenvalue weighted by Crippen LogP contribution is -2.49. The van der Waals surface area contributed by atoms with Crippen LogP contribution in [0.15, 0.2) is 102 Å². The van der Waals surface area contributed by atoms with Crippen molar-refractivity contribution >= 4 is 20.8 Å². The molecule has 4 aromatic carbocycles. The average molecular weight is 485 g/mol. The highest BCUT2D eigenvalue weighted by Gasteiger charge is 2.47. The summed E-state index contributed by atoms with van der Waals surface area (Å²) < 4.78 is 30.1. The van der Waals surface area contributed by atoms with E-state index in [0.29, 0.717) is 24.5 Å². The number of fused-ring (bicyclic) bond motifs is 2. The van der Waals surface area contributed by atoms with E-state index >= 15 is 0 Å². The molecule has 3 atom stereocenters. The lowest BCUT2D eigenvalue weighted by Gasteiger charge is -2.41. The number of nitrogens with zero attached hydrogens (tertiary/aromatic N) is 2. The van der Waals surface area contributed by atoms with E-state index in [1.165, 1.54) is 0 Å². The summed E-state index contributed by atoms with van der Waals surface area (Å²) in [7, 11) is -1.79. The molecule has 2 saturated heterocycles. The highest BCUT2D eigenvalue weighted by molar-refractivity contribution is 7.89. The summed E-state index contributed by atoms with van der Waals surface area (Å²) in [5, 5.41) is 3.60. The zero-order chi connectivity index (χ0) is 24.0. The third kappa shape index (κ3) is 3.96. The second-order valence-electron chi connectivity index (χ2n) is 9.46. The molecule has 0 spiro atoms. The number of piperidine rings is 1. The largest absolute Gasteiger partial charge is 0.299 e. The van der Waals surface area contributed by atoms with Crippen LogP contribution >= 0.6 is 0 Å². The zero-order valence-electron chi connectivity index (χ0n) is 19.6. The summed E-state index contributed by atoms with van der Waals surface area (Å²) in [6.45, 7) is 0.980. The van der Waals surface area contributed by atoms with Crippen LogP contribution in [0.5, 0.6) is 0 Å². The molecule has 0 aliphatic carbocycles. The van der Waals surface area contributed by atoms with Gasteiger partial charge in [-0.2, -0.15) is 9.37 Å². The van der Waals surface area contributed by atoms with Gasteiger partial charge in [-0.25, -0.2) is 8.42 Å². The van der Waals surface area contributed by atoms with Crippen molar-refractivity contribution in [2.75, 3.05) is 20.2 Å². The molecule has 4 aromatic rings. The minimum absolute atomic E-state index is 0.143. The number of hydroxylamine groups is 2. The Morgan fingerprint density at radius 3 is 2.29 bits per heavy atom. The van der Waals surface area contributed by atoms with E-state index in [9.17, 15) is 8.42 Å². The minimum Gasteiger partial charge on any atom is -0.299 e. The molecule has 6 rings (SSSR count). The van der Waals surface area contributed by atoms with Crippen LogP contribution in [0.3, 0.4) is 0 Å². The molecule has 2 heterocycles. The van der Waals surface area contributed by atoms with Gasteiger partial charge in [0.25, 0.3) is 0 Å². The quantitative estimate of drug-likeness (QED) is 0.384. The first-order valence-corrected chi connectivity index (χ1v) is 13.5. The molecule has 0 aromatic heterocycles. The van der Waals surface area contributed by atoms with E-state index < -0.39 is 10.0 Å². The third-order valence-electron chi connectivity index (χ3n) is 7.47. The Kier molecular flexibility index (Phi) is 5.69. The maximum Gasteiger partial charge on any atom is 0.244 e. The summed E-state index contributed by atoms with van der Waals surface area (Å²) in [4.78, 5) is 6.18. The van der Waals surface area contributed by atoms with E-state index in [4.69, 9.17) is 4.84 Å². The zero-order valence-corrected chi connectivity index (χ0v) is 20.4. The second kappa shape index (κ2) is 8.88. The first kappa shape index (κ1) is 22.4. The highest BCUT2D eigenvalue weighted by Crippen LogP contribution is 2.42. The van der Waals surface area contributed by atoms with Crippen LogP contribution in [0.25, 0.3) is 21.9 Å². The van der Waals surface area contributed by atoms with Gasteiger partial charge < -0.3 is 0 Å². The van der Waals surface area contributed by atoms with Gasteiger partial charge in [-0.3, -0.25) is 4.84 Å². The fourth-order valence-electron chi connectivity index (χ4n) is 5.58. The van der Waals surface area contributed by atoms with Gasteiger partial charge in [0.2, 0.25) is 10.0 Å². The van der Waals surface area contributed by atoms with Crippen LogP contribution in [0.1, 0.15) is 18.0 Å². The molecule has 178 valence electrons. The number of benzene rings is 4.